The van der Waals surface area contributed by atoms with Crippen molar-refractivity contribution < 1.29 is 9.90 Å². The van der Waals surface area contributed by atoms with Gasteiger partial charge in [-0.2, -0.15) is 0 Å². The molecule has 0 atom stereocenters. The van der Waals surface area contributed by atoms with Gasteiger partial charge in [-0.25, -0.2) is 0 Å². The summed E-state index contributed by atoms with van der Waals surface area (Å²) >= 11 is 0. The van der Waals surface area contributed by atoms with Crippen LogP contribution in [0.15, 0.2) is 54.6 Å². The monoisotopic (exact) mass is 266 g/mol. The summed E-state index contributed by atoms with van der Waals surface area (Å²) in [6.07, 6.45) is 0. The summed E-state index contributed by atoms with van der Waals surface area (Å²) < 4.78 is 0. The minimum Gasteiger partial charge on any atom is -0.508 e. The van der Waals surface area contributed by atoms with Crippen molar-refractivity contribution in [3.63, 3.8) is 0 Å². The van der Waals surface area contributed by atoms with Crippen LogP contribution in [0.4, 0.5) is 5.69 Å². The van der Waals surface area contributed by atoms with Crippen LogP contribution in [0.2, 0.25) is 0 Å². The first-order chi connectivity index (χ1) is 9.65. The van der Waals surface area contributed by atoms with E-state index < -0.39 is 0 Å². The lowest BCUT2D eigenvalue weighted by atomic mass is 10.2. The van der Waals surface area contributed by atoms with Gasteiger partial charge in [-0.3, -0.25) is 4.79 Å². The van der Waals surface area contributed by atoms with Crippen LogP contribution in [-0.2, 0) is 0 Å². The second kappa shape index (κ2) is 4.74. The van der Waals surface area contributed by atoms with E-state index >= 15 is 0 Å². The molecule has 0 aliphatic carbocycles. The number of aromatic hydroxyl groups is 1. The number of anilines is 1. The number of benzene rings is 2. The molecule has 2 aromatic carbocycles. The number of hydrogen-bond donors (Lipinski definition) is 2. The van der Waals surface area contributed by atoms with Crippen molar-refractivity contribution in [3.8, 4) is 5.75 Å². The van der Waals surface area contributed by atoms with Crippen molar-refractivity contribution in [2.24, 2.45) is 0 Å². The van der Waals surface area contributed by atoms with Crippen LogP contribution in [0.25, 0.3) is 10.9 Å². The van der Waals surface area contributed by atoms with Gasteiger partial charge in [0.1, 0.15) is 11.4 Å². The molecule has 100 valence electrons. The highest BCUT2D eigenvalue weighted by Gasteiger charge is 2.16. The minimum atomic E-state index is -0.146. The number of aromatic amines is 1. The molecule has 0 aliphatic heterocycles. The Bertz CT molecular complexity index is 744. The van der Waals surface area contributed by atoms with Gasteiger partial charge in [0.15, 0.2) is 0 Å². The van der Waals surface area contributed by atoms with Gasteiger partial charge in [0.25, 0.3) is 5.91 Å². The largest absolute Gasteiger partial charge is 0.508 e. The van der Waals surface area contributed by atoms with Crippen LogP contribution >= 0.6 is 0 Å². The highest BCUT2D eigenvalue weighted by Crippen LogP contribution is 2.22. The number of nitrogens with one attached hydrogen (secondary N) is 1. The highest BCUT2D eigenvalue weighted by molar-refractivity contribution is 6.07. The third kappa shape index (κ3) is 2.12. The highest BCUT2D eigenvalue weighted by atomic mass is 16.3. The third-order valence-corrected chi connectivity index (χ3v) is 3.28. The molecule has 4 heteroatoms. The van der Waals surface area contributed by atoms with E-state index in [-0.39, 0.29) is 11.7 Å². The lowest BCUT2D eigenvalue weighted by Crippen LogP contribution is -2.26. The van der Waals surface area contributed by atoms with E-state index in [0.29, 0.717) is 11.4 Å². The first kappa shape index (κ1) is 12.3. The molecule has 0 bridgehead atoms. The van der Waals surface area contributed by atoms with E-state index in [9.17, 15) is 9.90 Å². The zero-order chi connectivity index (χ0) is 14.1. The molecule has 1 amide bonds. The number of fused-ring (bicyclic) bond motifs is 1. The van der Waals surface area contributed by atoms with E-state index in [1.807, 2.05) is 30.3 Å². The first-order valence-electron chi connectivity index (χ1n) is 6.30. The normalized spacial score (nSPS) is 10.7. The number of phenols is 1. The fourth-order valence-corrected chi connectivity index (χ4v) is 2.19. The van der Waals surface area contributed by atoms with Crippen LogP contribution in [0.5, 0.6) is 5.75 Å². The zero-order valence-corrected chi connectivity index (χ0v) is 11.0. The van der Waals surface area contributed by atoms with Gasteiger partial charge in [0.05, 0.1) is 0 Å². The minimum absolute atomic E-state index is 0.138. The van der Waals surface area contributed by atoms with Crippen LogP contribution in [0.1, 0.15) is 10.5 Å². The Morgan fingerprint density at radius 3 is 2.65 bits per heavy atom. The molecular formula is C16H14N2O2. The quantitative estimate of drug-likeness (QED) is 0.748. The molecule has 4 nitrogen and oxygen atoms in total. The molecule has 3 aromatic rings. The molecule has 3 rings (SSSR count). The number of rotatable bonds is 2. The Balaban J connectivity index is 1.95. The van der Waals surface area contributed by atoms with Gasteiger partial charge in [-0.15, -0.1) is 0 Å². The predicted molar refractivity (Wildman–Crippen MR) is 79.1 cm³/mol. The lowest BCUT2D eigenvalue weighted by Gasteiger charge is -2.16. The Kier molecular flexibility index (Phi) is 2.91. The molecule has 0 saturated carbocycles. The zero-order valence-electron chi connectivity index (χ0n) is 11.0. The summed E-state index contributed by atoms with van der Waals surface area (Å²) in [5.41, 5.74) is 2.10. The SMILES string of the molecule is CN(C(=O)c1cc2ccccc2[nH]1)c1cccc(O)c1. The molecule has 1 heterocycles. The summed E-state index contributed by atoms with van der Waals surface area (Å²) in [4.78, 5) is 17.1. The number of amides is 1. The summed E-state index contributed by atoms with van der Waals surface area (Å²) in [7, 11) is 1.68. The third-order valence-electron chi connectivity index (χ3n) is 3.28. The fourth-order valence-electron chi connectivity index (χ4n) is 2.19. The number of nitrogens with zero attached hydrogens (tertiary/aromatic N) is 1. The van der Waals surface area contributed by atoms with E-state index in [4.69, 9.17) is 0 Å². The summed E-state index contributed by atoms with van der Waals surface area (Å²) in [6, 6.07) is 16.2. The second-order valence-electron chi connectivity index (χ2n) is 4.65. The molecule has 1 aromatic heterocycles. The van der Waals surface area contributed by atoms with Crippen molar-refractivity contribution in [2.75, 3.05) is 11.9 Å². The van der Waals surface area contributed by atoms with E-state index in [0.717, 1.165) is 10.9 Å². The maximum atomic E-state index is 12.4. The Hall–Kier alpha value is -2.75. The smallest absolute Gasteiger partial charge is 0.274 e. The number of hydrogen-bond acceptors (Lipinski definition) is 2. The number of carbonyl (C=O) groups excluding carboxylic acids is 1. The molecule has 20 heavy (non-hydrogen) atoms. The predicted octanol–water partition coefficient (Wildman–Crippen LogP) is 3.15. The molecule has 0 aliphatic rings. The van der Waals surface area contributed by atoms with Gasteiger partial charge in [-0.1, -0.05) is 24.3 Å². The molecular weight excluding hydrogens is 252 g/mol. The van der Waals surface area contributed by atoms with Crippen molar-refractivity contribution in [3.05, 3.63) is 60.3 Å². The van der Waals surface area contributed by atoms with Crippen LogP contribution in [0.3, 0.4) is 0 Å². The summed E-state index contributed by atoms with van der Waals surface area (Å²) in [5, 5.41) is 10.5. The standard InChI is InChI=1S/C16H14N2O2/c1-18(12-6-4-7-13(19)10-12)16(20)15-9-11-5-2-3-8-14(11)17-15/h2-10,17,19H,1H3. The van der Waals surface area contributed by atoms with Gasteiger partial charge in [0.2, 0.25) is 0 Å². The van der Waals surface area contributed by atoms with Crippen molar-refractivity contribution in [1.82, 2.24) is 4.98 Å². The van der Waals surface area contributed by atoms with Crippen LogP contribution in [-0.4, -0.2) is 23.0 Å². The van der Waals surface area contributed by atoms with Gasteiger partial charge in [-0.05, 0) is 24.3 Å². The van der Waals surface area contributed by atoms with E-state index in [1.165, 1.54) is 4.90 Å². The Labute approximate surface area is 116 Å². The van der Waals surface area contributed by atoms with Gasteiger partial charge >= 0.3 is 0 Å². The van der Waals surface area contributed by atoms with Gasteiger partial charge in [0, 0.05) is 29.7 Å². The first-order valence-corrected chi connectivity index (χ1v) is 6.30. The summed E-state index contributed by atoms with van der Waals surface area (Å²) in [5.74, 6) is -0.00871. The number of carbonyl (C=O) groups is 1. The topological polar surface area (TPSA) is 56.3 Å². The lowest BCUT2D eigenvalue weighted by molar-refractivity contribution is 0.0989. The van der Waals surface area contributed by atoms with Gasteiger partial charge < -0.3 is 15.0 Å². The summed E-state index contributed by atoms with van der Waals surface area (Å²) in [6.45, 7) is 0. The fraction of sp³-hybridized carbons (Fsp3) is 0.0625. The van der Waals surface area contributed by atoms with Crippen LogP contribution in [0, 0.1) is 0 Å². The Morgan fingerprint density at radius 1 is 1.10 bits per heavy atom. The average molecular weight is 266 g/mol. The molecule has 0 unspecified atom stereocenters. The maximum Gasteiger partial charge on any atom is 0.274 e. The molecule has 2 N–H and O–H groups in total. The molecule has 0 saturated heterocycles. The number of para-hydroxylation sites is 1. The average Bonchev–Trinajstić information content (AvgIpc) is 2.89. The Morgan fingerprint density at radius 2 is 1.90 bits per heavy atom. The molecule has 0 radical (unpaired) electrons. The second-order valence-corrected chi connectivity index (χ2v) is 4.65. The van der Waals surface area contributed by atoms with Crippen LogP contribution < -0.4 is 4.90 Å². The molecule has 0 spiro atoms. The maximum absolute atomic E-state index is 12.4. The van der Waals surface area contributed by atoms with Crippen molar-refractivity contribution in [2.45, 2.75) is 0 Å². The van der Waals surface area contributed by atoms with E-state index in [1.54, 1.807) is 31.3 Å². The van der Waals surface area contributed by atoms with Crippen molar-refractivity contribution >= 4 is 22.5 Å². The number of H-pyrrole nitrogens is 1. The van der Waals surface area contributed by atoms with E-state index in [2.05, 4.69) is 4.98 Å². The number of aromatic nitrogens is 1. The van der Waals surface area contributed by atoms with Crippen molar-refractivity contribution in [1.29, 1.82) is 0 Å². The molecule has 0 fully saturated rings. The number of phenolic OH excluding ortho intramolecular Hbond substituents is 1.